The van der Waals surface area contributed by atoms with Gasteiger partial charge in [0.1, 0.15) is 18.2 Å². The number of methoxy groups -OCH3 is 2. The zero-order valence-corrected chi connectivity index (χ0v) is 25.0. The van der Waals surface area contributed by atoms with Crippen LogP contribution in [0.4, 0.5) is 4.79 Å². The molecule has 4 rings (SSSR count). The lowest BCUT2D eigenvalue weighted by Crippen LogP contribution is -2.62. The number of carbonyl (C=O) groups excluding carboxylic acids is 3. The number of benzene rings is 3. The molecule has 0 aliphatic carbocycles. The van der Waals surface area contributed by atoms with Gasteiger partial charge in [0.25, 0.3) is 0 Å². The van der Waals surface area contributed by atoms with Crippen LogP contribution in [0.25, 0.3) is 10.9 Å². The number of H-pyrrole nitrogens is 1. The average Bonchev–Trinajstić information content (AvgIpc) is 3.44. The molecule has 232 valence electrons. The summed E-state index contributed by atoms with van der Waals surface area (Å²) in [7, 11) is 3.00. The van der Waals surface area contributed by atoms with Crippen LogP contribution in [-0.2, 0) is 33.8 Å². The number of aliphatic hydroxyl groups excluding tert-OH is 1. The Morgan fingerprint density at radius 2 is 1.68 bits per heavy atom. The van der Waals surface area contributed by atoms with Crippen LogP contribution in [-0.4, -0.2) is 67.0 Å². The van der Waals surface area contributed by atoms with Crippen LogP contribution in [0, 0.1) is 0 Å². The summed E-state index contributed by atoms with van der Waals surface area (Å²) in [4.78, 5) is 43.5. The third-order valence-corrected chi connectivity index (χ3v) is 7.25. The summed E-state index contributed by atoms with van der Waals surface area (Å²) in [5.41, 5.74) is 1.68. The van der Waals surface area contributed by atoms with E-state index in [2.05, 4.69) is 20.9 Å². The molecule has 0 radical (unpaired) electrons. The van der Waals surface area contributed by atoms with Crippen molar-refractivity contribution >= 4 is 28.8 Å². The number of aliphatic hydroxyl groups is 1. The number of nitrogens with one attached hydrogen (secondary N) is 4. The van der Waals surface area contributed by atoms with Gasteiger partial charge in [-0.05, 0) is 30.2 Å². The summed E-state index contributed by atoms with van der Waals surface area (Å²) < 4.78 is 16.3. The van der Waals surface area contributed by atoms with Crippen LogP contribution in [0.5, 0.6) is 11.5 Å². The molecule has 3 aromatic carbocycles. The van der Waals surface area contributed by atoms with E-state index in [0.29, 0.717) is 17.1 Å². The lowest BCUT2D eigenvalue weighted by atomic mass is 9.90. The predicted molar refractivity (Wildman–Crippen MR) is 165 cm³/mol. The van der Waals surface area contributed by atoms with Crippen molar-refractivity contribution in [1.29, 1.82) is 0 Å². The number of hydrogen-bond acceptors (Lipinski definition) is 7. The topological polar surface area (TPSA) is 151 Å². The predicted octanol–water partition coefficient (Wildman–Crippen LogP) is 3.25. The van der Waals surface area contributed by atoms with Gasteiger partial charge in [0, 0.05) is 42.0 Å². The van der Waals surface area contributed by atoms with E-state index in [1.165, 1.54) is 14.2 Å². The normalized spacial score (nSPS) is 12.9. The van der Waals surface area contributed by atoms with Gasteiger partial charge in [-0.3, -0.25) is 9.59 Å². The van der Waals surface area contributed by atoms with Crippen LogP contribution in [0.2, 0.25) is 0 Å². The van der Waals surface area contributed by atoms with Crippen molar-refractivity contribution in [2.24, 2.45) is 0 Å². The van der Waals surface area contributed by atoms with Crippen molar-refractivity contribution < 1.29 is 33.7 Å². The minimum absolute atomic E-state index is 0.0240. The highest BCUT2D eigenvalue weighted by Gasteiger charge is 2.37. The van der Waals surface area contributed by atoms with E-state index in [-0.39, 0.29) is 32.6 Å². The quantitative estimate of drug-likeness (QED) is 0.149. The van der Waals surface area contributed by atoms with Gasteiger partial charge in [-0.1, -0.05) is 60.7 Å². The van der Waals surface area contributed by atoms with Gasteiger partial charge in [0.2, 0.25) is 11.8 Å². The molecular formula is C33H38N4O7. The SMILES string of the molecule is COc1cccc(COC(=O)NC(Cc2c[nH]c3ccccc23)C(=O)NC(C)(Cc2ccccc2)C(=O)NCCO)c1OC. The molecule has 0 spiro atoms. The Morgan fingerprint density at radius 3 is 2.41 bits per heavy atom. The number of para-hydroxylation sites is 2. The standard InChI is InChI=1S/C33H38N4O7/c1-33(31(40)34-16-17-38,19-22-10-5-4-6-11-22)37-30(39)27(18-24-20-35-26-14-8-7-13-25(24)26)36-32(41)44-21-23-12-9-15-28(42-2)29(23)43-3/h4-15,20,27,35,38H,16-19,21H2,1-3H3,(H,34,40)(H,36,41)(H,37,39). The van der Waals surface area contributed by atoms with Crippen LogP contribution >= 0.6 is 0 Å². The number of amides is 3. The first-order valence-electron chi connectivity index (χ1n) is 14.2. The summed E-state index contributed by atoms with van der Waals surface area (Å²) in [6.45, 7) is 1.25. The number of aromatic nitrogens is 1. The third-order valence-electron chi connectivity index (χ3n) is 7.25. The van der Waals surface area contributed by atoms with Gasteiger partial charge >= 0.3 is 6.09 Å². The van der Waals surface area contributed by atoms with E-state index in [1.54, 1.807) is 31.3 Å². The zero-order chi connectivity index (χ0) is 31.5. The van der Waals surface area contributed by atoms with Gasteiger partial charge in [0.15, 0.2) is 11.5 Å². The molecule has 0 bridgehead atoms. The third kappa shape index (κ3) is 7.87. The summed E-state index contributed by atoms with van der Waals surface area (Å²) in [6, 6.07) is 21.0. The lowest BCUT2D eigenvalue weighted by molar-refractivity contribution is -0.134. The second kappa shape index (κ2) is 14.9. The van der Waals surface area contributed by atoms with Gasteiger partial charge in [-0.2, -0.15) is 0 Å². The minimum atomic E-state index is -1.40. The highest BCUT2D eigenvalue weighted by atomic mass is 16.6. The van der Waals surface area contributed by atoms with Gasteiger partial charge in [-0.25, -0.2) is 4.79 Å². The molecule has 0 saturated heterocycles. The van der Waals surface area contributed by atoms with E-state index < -0.39 is 29.5 Å². The highest BCUT2D eigenvalue weighted by Crippen LogP contribution is 2.31. The van der Waals surface area contributed by atoms with E-state index >= 15 is 0 Å². The molecule has 5 N–H and O–H groups in total. The molecule has 4 aromatic rings. The Labute approximate surface area is 255 Å². The molecule has 0 saturated carbocycles. The monoisotopic (exact) mass is 602 g/mol. The average molecular weight is 603 g/mol. The summed E-state index contributed by atoms with van der Waals surface area (Å²) >= 11 is 0. The fourth-order valence-electron chi connectivity index (χ4n) is 5.03. The van der Waals surface area contributed by atoms with Gasteiger partial charge in [0.05, 0.1) is 20.8 Å². The Morgan fingerprint density at radius 1 is 0.932 bits per heavy atom. The highest BCUT2D eigenvalue weighted by molar-refractivity contribution is 5.94. The molecule has 1 aromatic heterocycles. The molecule has 2 unspecified atom stereocenters. The molecule has 1 heterocycles. The van der Waals surface area contributed by atoms with Gasteiger partial charge < -0.3 is 40.3 Å². The molecule has 0 aliphatic rings. The molecular weight excluding hydrogens is 564 g/mol. The molecule has 0 aliphatic heterocycles. The number of fused-ring (bicyclic) bond motifs is 1. The van der Waals surface area contributed by atoms with E-state index in [1.807, 2.05) is 54.6 Å². The van der Waals surface area contributed by atoms with Crippen molar-refractivity contribution in [3.8, 4) is 11.5 Å². The first-order chi connectivity index (χ1) is 21.3. The van der Waals surface area contributed by atoms with Crippen molar-refractivity contribution in [2.75, 3.05) is 27.4 Å². The second-order valence-electron chi connectivity index (χ2n) is 10.5. The Kier molecular flexibility index (Phi) is 10.8. The largest absolute Gasteiger partial charge is 0.493 e. The molecule has 11 heteroatoms. The van der Waals surface area contributed by atoms with Crippen molar-refractivity contribution in [2.45, 2.75) is 38.0 Å². The van der Waals surface area contributed by atoms with Crippen molar-refractivity contribution in [3.05, 3.63) is 95.7 Å². The lowest BCUT2D eigenvalue weighted by Gasteiger charge is -2.31. The number of aromatic amines is 1. The first kappa shape index (κ1) is 31.9. The van der Waals surface area contributed by atoms with E-state index in [0.717, 1.165) is 22.0 Å². The summed E-state index contributed by atoms with van der Waals surface area (Å²) in [6.07, 6.45) is 1.25. The number of ether oxygens (including phenoxy) is 3. The smallest absolute Gasteiger partial charge is 0.408 e. The maximum absolute atomic E-state index is 13.9. The van der Waals surface area contributed by atoms with Crippen molar-refractivity contribution in [3.63, 3.8) is 0 Å². The Hall–Kier alpha value is -5.03. The Balaban J connectivity index is 1.58. The van der Waals surface area contributed by atoms with Crippen molar-refractivity contribution in [1.82, 2.24) is 20.9 Å². The van der Waals surface area contributed by atoms with E-state index in [4.69, 9.17) is 14.2 Å². The summed E-state index contributed by atoms with van der Waals surface area (Å²) in [5.74, 6) is -0.129. The number of alkyl carbamates (subject to hydrolysis) is 1. The maximum Gasteiger partial charge on any atom is 0.408 e. The Bertz CT molecular complexity index is 1570. The first-order valence-corrected chi connectivity index (χ1v) is 14.2. The summed E-state index contributed by atoms with van der Waals surface area (Å²) in [5, 5.41) is 18.4. The maximum atomic E-state index is 13.9. The molecule has 3 amide bonds. The van der Waals surface area contributed by atoms with E-state index in [9.17, 15) is 19.5 Å². The van der Waals surface area contributed by atoms with Crippen LogP contribution in [0.1, 0.15) is 23.6 Å². The van der Waals surface area contributed by atoms with Crippen LogP contribution in [0.3, 0.4) is 0 Å². The second-order valence-corrected chi connectivity index (χ2v) is 10.5. The minimum Gasteiger partial charge on any atom is -0.493 e. The molecule has 11 nitrogen and oxygen atoms in total. The number of hydrogen-bond donors (Lipinski definition) is 5. The molecule has 44 heavy (non-hydrogen) atoms. The fourth-order valence-corrected chi connectivity index (χ4v) is 5.03. The number of rotatable bonds is 14. The molecule has 0 fully saturated rings. The van der Waals surface area contributed by atoms with Gasteiger partial charge in [-0.15, -0.1) is 0 Å². The number of carbonyl (C=O) groups is 3. The fraction of sp³-hybridized carbons (Fsp3) is 0.303. The van der Waals surface area contributed by atoms with Crippen LogP contribution in [0.15, 0.2) is 79.0 Å². The molecule has 2 atom stereocenters. The zero-order valence-electron chi connectivity index (χ0n) is 25.0. The van der Waals surface area contributed by atoms with Crippen LogP contribution < -0.4 is 25.4 Å².